The lowest BCUT2D eigenvalue weighted by atomic mass is 10.0. The fraction of sp³-hybridized carbons (Fsp3) is 0.333. The molecule has 0 bridgehead atoms. The monoisotopic (exact) mass is 370 g/mol. The third-order valence-electron chi connectivity index (χ3n) is 2.81. The second-order valence-corrected chi connectivity index (χ2v) is 5.09. The number of ether oxygens (including phenoxy) is 2. The second-order valence-electron chi connectivity index (χ2n) is 4.24. The lowest BCUT2D eigenvalue weighted by molar-refractivity contribution is -0.146. The zero-order chi connectivity index (χ0) is 16.7. The van der Waals surface area contributed by atoms with E-state index in [0.29, 0.717) is 12.1 Å². The highest BCUT2D eigenvalue weighted by atomic mass is 79.9. The average Bonchev–Trinajstić information content (AvgIpc) is 2.47. The number of rotatable bonds is 6. The summed E-state index contributed by atoms with van der Waals surface area (Å²) in [7, 11) is 0. The minimum Gasteiger partial charge on any atom is -0.462 e. The van der Waals surface area contributed by atoms with Gasteiger partial charge in [0, 0.05) is 11.0 Å². The number of esters is 2. The van der Waals surface area contributed by atoms with E-state index in [0.717, 1.165) is 10.0 Å². The van der Waals surface area contributed by atoms with Gasteiger partial charge in [0.15, 0.2) is 5.57 Å². The second kappa shape index (κ2) is 8.55. The number of carbonyl (C=O) groups excluding carboxylic acids is 2. The maximum atomic E-state index is 12.0. The van der Waals surface area contributed by atoms with Crippen LogP contribution in [0.15, 0.2) is 28.2 Å². The van der Waals surface area contributed by atoms with Crippen molar-refractivity contribution in [2.45, 2.75) is 20.4 Å². The summed E-state index contributed by atoms with van der Waals surface area (Å²) in [6.45, 7) is 3.90. The van der Waals surface area contributed by atoms with Crippen LogP contribution >= 0.6 is 15.9 Å². The third kappa shape index (κ3) is 4.32. The number of hydrogen-bond donors (Lipinski definition) is 2. The SMILES string of the molecule is CCOC(=O)C(C(=O)OCC)=C(N)c1ccc(CN)c(Br)c1. The quantitative estimate of drug-likeness (QED) is 0.341. The number of carbonyl (C=O) groups is 2. The molecule has 1 rings (SSSR count). The number of benzene rings is 1. The summed E-state index contributed by atoms with van der Waals surface area (Å²) in [6, 6.07) is 5.14. The van der Waals surface area contributed by atoms with Crippen molar-refractivity contribution in [2.24, 2.45) is 11.5 Å². The molecule has 4 N–H and O–H groups in total. The Morgan fingerprint density at radius 2 is 1.68 bits per heavy atom. The fourth-order valence-corrected chi connectivity index (χ4v) is 2.28. The lowest BCUT2D eigenvalue weighted by Gasteiger charge is -2.12. The van der Waals surface area contributed by atoms with Gasteiger partial charge in [-0.1, -0.05) is 28.1 Å². The van der Waals surface area contributed by atoms with Gasteiger partial charge in [-0.25, -0.2) is 9.59 Å². The molecule has 6 nitrogen and oxygen atoms in total. The van der Waals surface area contributed by atoms with E-state index in [1.807, 2.05) is 0 Å². The highest BCUT2D eigenvalue weighted by Crippen LogP contribution is 2.23. The van der Waals surface area contributed by atoms with Crippen molar-refractivity contribution in [3.63, 3.8) is 0 Å². The minimum atomic E-state index is -0.808. The van der Waals surface area contributed by atoms with E-state index < -0.39 is 11.9 Å². The van der Waals surface area contributed by atoms with Gasteiger partial charge in [-0.3, -0.25) is 0 Å². The first-order valence-electron chi connectivity index (χ1n) is 6.79. The molecule has 0 atom stereocenters. The summed E-state index contributed by atoms with van der Waals surface area (Å²) in [4.78, 5) is 24.0. The van der Waals surface area contributed by atoms with Crippen molar-refractivity contribution in [2.75, 3.05) is 13.2 Å². The van der Waals surface area contributed by atoms with Crippen molar-refractivity contribution in [3.05, 3.63) is 39.4 Å². The molecule has 0 unspecified atom stereocenters. The predicted molar refractivity (Wildman–Crippen MR) is 86.4 cm³/mol. The molecule has 0 amide bonds. The Balaban J connectivity index is 3.34. The first kappa shape index (κ1) is 18.2. The average molecular weight is 371 g/mol. The molecule has 0 saturated heterocycles. The largest absolute Gasteiger partial charge is 0.462 e. The van der Waals surface area contributed by atoms with Crippen LogP contribution in [0.5, 0.6) is 0 Å². The summed E-state index contributed by atoms with van der Waals surface area (Å²) in [5.74, 6) is -1.62. The molecule has 0 heterocycles. The topological polar surface area (TPSA) is 105 Å². The molecule has 0 aliphatic rings. The summed E-state index contributed by atoms with van der Waals surface area (Å²) in [5, 5.41) is 0. The van der Waals surface area contributed by atoms with Gasteiger partial charge in [-0.15, -0.1) is 0 Å². The van der Waals surface area contributed by atoms with E-state index in [-0.39, 0.29) is 24.5 Å². The van der Waals surface area contributed by atoms with Crippen LogP contribution in [0.2, 0.25) is 0 Å². The van der Waals surface area contributed by atoms with Crippen molar-refractivity contribution in [1.82, 2.24) is 0 Å². The van der Waals surface area contributed by atoms with E-state index in [2.05, 4.69) is 15.9 Å². The Hall–Kier alpha value is -1.86. The molecule has 0 saturated carbocycles. The Kier molecular flexibility index (Phi) is 7.07. The van der Waals surface area contributed by atoms with Crippen LogP contribution in [0.4, 0.5) is 0 Å². The predicted octanol–water partition coefficient (Wildman–Crippen LogP) is 1.70. The molecule has 0 spiro atoms. The number of nitrogens with two attached hydrogens (primary N) is 2. The highest BCUT2D eigenvalue weighted by Gasteiger charge is 2.25. The Morgan fingerprint density at radius 3 is 2.09 bits per heavy atom. The van der Waals surface area contributed by atoms with Crippen molar-refractivity contribution < 1.29 is 19.1 Å². The van der Waals surface area contributed by atoms with Gasteiger partial charge >= 0.3 is 11.9 Å². The van der Waals surface area contributed by atoms with E-state index >= 15 is 0 Å². The first-order chi connectivity index (χ1) is 10.5. The van der Waals surface area contributed by atoms with E-state index in [1.54, 1.807) is 32.0 Å². The Bertz CT molecular complexity index is 579. The van der Waals surface area contributed by atoms with Crippen LogP contribution in [0.3, 0.4) is 0 Å². The molecule has 0 aliphatic heterocycles. The molecule has 0 aromatic heterocycles. The van der Waals surface area contributed by atoms with Gasteiger partial charge in [0.2, 0.25) is 0 Å². The zero-order valence-electron chi connectivity index (χ0n) is 12.5. The molecule has 0 radical (unpaired) electrons. The van der Waals surface area contributed by atoms with Gasteiger partial charge in [0.25, 0.3) is 0 Å². The van der Waals surface area contributed by atoms with E-state index in [9.17, 15) is 9.59 Å². The zero-order valence-corrected chi connectivity index (χ0v) is 14.1. The Labute approximate surface area is 137 Å². The van der Waals surface area contributed by atoms with Gasteiger partial charge in [-0.05, 0) is 31.0 Å². The van der Waals surface area contributed by atoms with Gasteiger partial charge in [-0.2, -0.15) is 0 Å². The molecule has 1 aromatic rings. The van der Waals surface area contributed by atoms with Gasteiger partial charge < -0.3 is 20.9 Å². The van der Waals surface area contributed by atoms with E-state index in [1.165, 1.54) is 0 Å². The molecule has 1 aromatic carbocycles. The number of hydrogen-bond acceptors (Lipinski definition) is 6. The summed E-state index contributed by atoms with van der Waals surface area (Å²) in [6.07, 6.45) is 0. The number of halogens is 1. The van der Waals surface area contributed by atoms with E-state index in [4.69, 9.17) is 20.9 Å². The molecule has 7 heteroatoms. The first-order valence-corrected chi connectivity index (χ1v) is 7.58. The molecule has 0 fully saturated rings. The lowest BCUT2D eigenvalue weighted by Crippen LogP contribution is -2.22. The standard InChI is InChI=1S/C15H19BrN2O4/c1-3-21-14(19)12(15(20)22-4-2)13(18)9-5-6-10(8-17)11(16)7-9/h5-7H,3-4,8,17-18H2,1-2H3. The maximum Gasteiger partial charge on any atom is 0.347 e. The van der Waals surface area contributed by atoms with Crippen molar-refractivity contribution in [1.29, 1.82) is 0 Å². The molecule has 120 valence electrons. The van der Waals surface area contributed by atoms with Gasteiger partial charge in [0.05, 0.1) is 18.9 Å². The smallest absolute Gasteiger partial charge is 0.347 e. The molecule has 0 aliphatic carbocycles. The fourth-order valence-electron chi connectivity index (χ4n) is 1.73. The van der Waals surface area contributed by atoms with Crippen LogP contribution in [-0.4, -0.2) is 25.2 Å². The summed E-state index contributed by atoms with van der Waals surface area (Å²) >= 11 is 3.37. The normalized spacial score (nSPS) is 10.0. The minimum absolute atomic E-state index is 0.00108. The third-order valence-corrected chi connectivity index (χ3v) is 3.55. The van der Waals surface area contributed by atoms with Crippen LogP contribution in [0.1, 0.15) is 25.0 Å². The maximum absolute atomic E-state index is 12.0. The Morgan fingerprint density at radius 1 is 1.14 bits per heavy atom. The highest BCUT2D eigenvalue weighted by molar-refractivity contribution is 9.10. The van der Waals surface area contributed by atoms with Crippen molar-refractivity contribution >= 4 is 33.6 Å². The summed E-state index contributed by atoms with van der Waals surface area (Å²) in [5.41, 5.74) is 12.7. The van der Waals surface area contributed by atoms with Crippen LogP contribution in [0.25, 0.3) is 5.70 Å². The van der Waals surface area contributed by atoms with Gasteiger partial charge in [0.1, 0.15) is 0 Å². The molecule has 22 heavy (non-hydrogen) atoms. The van der Waals surface area contributed by atoms with Crippen LogP contribution < -0.4 is 11.5 Å². The van der Waals surface area contributed by atoms with Crippen LogP contribution in [0, 0.1) is 0 Å². The van der Waals surface area contributed by atoms with Crippen molar-refractivity contribution in [3.8, 4) is 0 Å². The molecular formula is C15H19BrN2O4. The molecular weight excluding hydrogens is 352 g/mol. The summed E-state index contributed by atoms with van der Waals surface area (Å²) < 4.78 is 10.5. The van der Waals surface area contributed by atoms with Crippen LogP contribution in [-0.2, 0) is 25.6 Å².